The Morgan fingerprint density at radius 1 is 1.14 bits per heavy atom. The van der Waals surface area contributed by atoms with Gasteiger partial charge in [-0.15, -0.1) is 0 Å². The van der Waals surface area contributed by atoms with E-state index in [0.29, 0.717) is 31.7 Å². The number of quaternary nitrogens is 1. The molecule has 2 N–H and O–H groups in total. The van der Waals surface area contributed by atoms with Crippen molar-refractivity contribution in [2.45, 2.75) is 38.6 Å². The summed E-state index contributed by atoms with van der Waals surface area (Å²) >= 11 is 0. The minimum absolute atomic E-state index is 0.0764. The molecular formula is C23H29N2O3+. The average molecular weight is 381 g/mol. The fraction of sp³-hybridized carbons (Fsp3) is 0.435. The third-order valence-corrected chi connectivity index (χ3v) is 5.70. The van der Waals surface area contributed by atoms with Crippen molar-refractivity contribution < 1.29 is 19.2 Å². The Hall–Kier alpha value is -2.53. The number of likely N-dealkylation sites (tertiary alicyclic amines) is 1. The van der Waals surface area contributed by atoms with Crippen LogP contribution in [0.2, 0.25) is 0 Å². The van der Waals surface area contributed by atoms with E-state index < -0.39 is 0 Å². The van der Waals surface area contributed by atoms with Crippen molar-refractivity contribution in [3.63, 3.8) is 0 Å². The highest BCUT2D eigenvalue weighted by Crippen LogP contribution is 2.33. The first-order valence-electron chi connectivity index (χ1n) is 10.2. The quantitative estimate of drug-likeness (QED) is 0.837. The third kappa shape index (κ3) is 3.99. The first kappa shape index (κ1) is 18.8. The minimum Gasteiger partial charge on any atom is -0.486 e. The molecule has 0 radical (unpaired) electrons. The third-order valence-electron chi connectivity index (χ3n) is 5.70. The maximum atomic E-state index is 12.8. The van der Waals surface area contributed by atoms with E-state index in [0.717, 1.165) is 36.6 Å². The standard InChI is InChI=1S/C23H28N2O3/c1-16(2)18-6-3-4-7-19(18)24-23(26)15-25-11-5-8-20(25)17-9-10-21-22(14-17)28-13-12-27-21/h3-4,6-7,9-10,14,16,20H,5,8,11-13,15H2,1-2H3,(H,24,26)/p+1/t20-/m1/s1. The van der Waals surface area contributed by atoms with Crippen LogP contribution in [0, 0.1) is 0 Å². The van der Waals surface area contributed by atoms with Crippen LogP contribution in [0.25, 0.3) is 0 Å². The van der Waals surface area contributed by atoms with Crippen LogP contribution in [-0.2, 0) is 4.79 Å². The van der Waals surface area contributed by atoms with Crippen molar-refractivity contribution >= 4 is 11.6 Å². The van der Waals surface area contributed by atoms with Crippen molar-refractivity contribution in [2.75, 3.05) is 31.6 Å². The Morgan fingerprint density at radius 2 is 1.93 bits per heavy atom. The number of amides is 1. The molecule has 1 fully saturated rings. The predicted molar refractivity (Wildman–Crippen MR) is 109 cm³/mol. The maximum Gasteiger partial charge on any atom is 0.279 e. The van der Waals surface area contributed by atoms with Crippen molar-refractivity contribution in [3.05, 3.63) is 53.6 Å². The highest BCUT2D eigenvalue weighted by Gasteiger charge is 2.32. The summed E-state index contributed by atoms with van der Waals surface area (Å²) in [7, 11) is 0. The Kier molecular flexibility index (Phi) is 5.53. The largest absolute Gasteiger partial charge is 0.486 e. The van der Waals surface area contributed by atoms with E-state index in [9.17, 15) is 4.79 Å². The van der Waals surface area contributed by atoms with Crippen molar-refractivity contribution in [1.29, 1.82) is 0 Å². The second-order valence-corrected chi connectivity index (χ2v) is 7.97. The van der Waals surface area contributed by atoms with Gasteiger partial charge in [-0.25, -0.2) is 0 Å². The van der Waals surface area contributed by atoms with Gasteiger partial charge in [0.15, 0.2) is 18.0 Å². The van der Waals surface area contributed by atoms with Crippen LogP contribution in [0.15, 0.2) is 42.5 Å². The number of carbonyl (C=O) groups excluding carboxylic acids is 1. The number of rotatable bonds is 5. The topological polar surface area (TPSA) is 52.0 Å². The summed E-state index contributed by atoms with van der Waals surface area (Å²) in [6.07, 6.45) is 2.22. The number of hydrogen-bond acceptors (Lipinski definition) is 3. The van der Waals surface area contributed by atoms with E-state index in [-0.39, 0.29) is 5.91 Å². The molecule has 2 heterocycles. The zero-order valence-electron chi connectivity index (χ0n) is 16.7. The molecule has 1 amide bonds. The van der Waals surface area contributed by atoms with Crippen LogP contribution in [0.4, 0.5) is 5.69 Å². The number of nitrogens with one attached hydrogen (secondary N) is 2. The fourth-order valence-corrected chi connectivity index (χ4v) is 4.32. The lowest BCUT2D eigenvalue weighted by Gasteiger charge is -2.24. The van der Waals surface area contributed by atoms with Crippen molar-refractivity contribution in [3.8, 4) is 11.5 Å². The summed E-state index contributed by atoms with van der Waals surface area (Å²) < 4.78 is 11.4. The zero-order valence-corrected chi connectivity index (χ0v) is 16.7. The van der Waals surface area contributed by atoms with Crippen molar-refractivity contribution in [2.24, 2.45) is 0 Å². The van der Waals surface area contributed by atoms with E-state index in [1.165, 1.54) is 16.0 Å². The van der Waals surface area contributed by atoms with E-state index in [1.54, 1.807) is 0 Å². The second kappa shape index (κ2) is 8.23. The molecule has 2 aromatic rings. The molecule has 2 aromatic carbocycles. The Bertz CT molecular complexity index is 849. The van der Waals surface area contributed by atoms with Crippen LogP contribution in [0.3, 0.4) is 0 Å². The Morgan fingerprint density at radius 3 is 2.75 bits per heavy atom. The molecule has 28 heavy (non-hydrogen) atoms. The van der Waals surface area contributed by atoms with Gasteiger partial charge >= 0.3 is 0 Å². The molecule has 0 aliphatic carbocycles. The lowest BCUT2D eigenvalue weighted by atomic mass is 10.0. The number of benzene rings is 2. The lowest BCUT2D eigenvalue weighted by Crippen LogP contribution is -3.11. The normalized spacial score (nSPS) is 21.0. The highest BCUT2D eigenvalue weighted by molar-refractivity contribution is 5.92. The van der Waals surface area contributed by atoms with Gasteiger partial charge in [0.25, 0.3) is 5.91 Å². The van der Waals surface area contributed by atoms with Gasteiger partial charge in [0.05, 0.1) is 6.54 Å². The first-order chi connectivity index (χ1) is 13.6. The maximum absolute atomic E-state index is 12.8. The van der Waals surface area contributed by atoms with Gasteiger partial charge in [-0.3, -0.25) is 4.79 Å². The molecule has 0 aromatic heterocycles. The molecule has 4 rings (SSSR count). The summed E-state index contributed by atoms with van der Waals surface area (Å²) in [4.78, 5) is 14.1. The molecule has 2 atom stereocenters. The molecule has 5 heteroatoms. The molecular weight excluding hydrogens is 352 g/mol. The molecule has 0 saturated carbocycles. The molecule has 0 bridgehead atoms. The van der Waals surface area contributed by atoms with E-state index in [4.69, 9.17) is 9.47 Å². The number of ether oxygens (including phenoxy) is 2. The number of para-hydroxylation sites is 1. The van der Waals surface area contributed by atoms with Crippen LogP contribution in [0.5, 0.6) is 11.5 Å². The molecule has 0 spiro atoms. The van der Waals surface area contributed by atoms with Crippen molar-refractivity contribution in [1.82, 2.24) is 0 Å². The van der Waals surface area contributed by atoms with Gasteiger partial charge in [0.2, 0.25) is 0 Å². The van der Waals surface area contributed by atoms with Gasteiger partial charge in [0, 0.05) is 24.1 Å². The molecule has 148 valence electrons. The molecule has 2 aliphatic rings. The zero-order chi connectivity index (χ0) is 19.5. The van der Waals surface area contributed by atoms with Gasteiger partial charge in [-0.2, -0.15) is 0 Å². The number of carbonyl (C=O) groups is 1. The minimum atomic E-state index is 0.0764. The van der Waals surface area contributed by atoms with Gasteiger partial charge in [-0.05, 0) is 35.7 Å². The van der Waals surface area contributed by atoms with Crippen LogP contribution < -0.4 is 19.7 Å². The number of hydrogen-bond donors (Lipinski definition) is 2. The Labute approximate surface area is 166 Å². The number of anilines is 1. The second-order valence-electron chi connectivity index (χ2n) is 7.97. The summed E-state index contributed by atoms with van der Waals surface area (Å²) in [6, 6.07) is 14.6. The summed E-state index contributed by atoms with van der Waals surface area (Å²) in [6.45, 7) is 6.98. The first-order valence-corrected chi connectivity index (χ1v) is 10.2. The molecule has 1 saturated heterocycles. The highest BCUT2D eigenvalue weighted by atomic mass is 16.6. The van der Waals surface area contributed by atoms with Crippen LogP contribution >= 0.6 is 0 Å². The Balaban J connectivity index is 1.45. The van der Waals surface area contributed by atoms with Crippen LogP contribution in [0.1, 0.15) is 49.8 Å². The summed E-state index contributed by atoms with van der Waals surface area (Å²) in [5.74, 6) is 2.09. The summed E-state index contributed by atoms with van der Waals surface area (Å²) in [5.41, 5.74) is 3.33. The van der Waals surface area contributed by atoms with Gasteiger partial charge in [0.1, 0.15) is 19.3 Å². The monoisotopic (exact) mass is 381 g/mol. The molecule has 1 unspecified atom stereocenters. The number of fused-ring (bicyclic) bond motifs is 1. The fourth-order valence-electron chi connectivity index (χ4n) is 4.32. The smallest absolute Gasteiger partial charge is 0.279 e. The average Bonchev–Trinajstić information content (AvgIpc) is 3.15. The summed E-state index contributed by atoms with van der Waals surface area (Å²) in [5, 5.41) is 3.14. The van der Waals surface area contributed by atoms with E-state index >= 15 is 0 Å². The van der Waals surface area contributed by atoms with Crippen LogP contribution in [-0.4, -0.2) is 32.2 Å². The SMILES string of the molecule is CC(C)c1ccccc1NC(=O)C[NH+]1CCC[C@@H]1c1ccc2c(c1)OCCO2. The molecule has 5 nitrogen and oxygen atoms in total. The lowest BCUT2D eigenvalue weighted by molar-refractivity contribution is -0.910. The van der Waals surface area contributed by atoms with E-state index in [1.807, 2.05) is 24.3 Å². The van der Waals surface area contributed by atoms with Gasteiger partial charge < -0.3 is 19.7 Å². The van der Waals surface area contributed by atoms with E-state index in [2.05, 4.69) is 37.4 Å². The molecule has 2 aliphatic heterocycles. The van der Waals surface area contributed by atoms with Gasteiger partial charge in [-0.1, -0.05) is 32.0 Å². The predicted octanol–water partition coefficient (Wildman–Crippen LogP) is 2.94.